The first-order valence-electron chi connectivity index (χ1n) is 11.2. The lowest BCUT2D eigenvalue weighted by Gasteiger charge is -2.21. The third kappa shape index (κ3) is 4.72. The molecule has 2 aliphatic rings. The molecule has 0 spiro atoms. The van der Waals surface area contributed by atoms with Crippen molar-refractivity contribution < 1.29 is 17.2 Å². The van der Waals surface area contributed by atoms with Crippen LogP contribution in [0.2, 0.25) is 0 Å². The third-order valence-electron chi connectivity index (χ3n) is 6.15. The van der Waals surface area contributed by atoms with Crippen LogP contribution in [0.25, 0.3) is 0 Å². The number of sulfonamides is 1. The normalized spacial score (nSPS) is 14.6. The van der Waals surface area contributed by atoms with Gasteiger partial charge in [-0.25, -0.2) is 22.2 Å². The van der Waals surface area contributed by atoms with Crippen molar-refractivity contribution >= 4 is 38.5 Å². The van der Waals surface area contributed by atoms with Crippen LogP contribution in [0.5, 0.6) is 0 Å². The van der Waals surface area contributed by atoms with Gasteiger partial charge in [0.25, 0.3) is 6.43 Å². The standard InChI is InChI=1S/C24H24F2N6O2S/c1-32(35(2,33)34)22-9-4-3-6-18(22)30-19-11-14(28-20-12-21(24(25)26)31-23(19)20)10-15-13-27-16-7-5-8-17(16)29-15/h3-4,6,9,11,13,24H,5,7-8,10,12H2,1-2H3,(H,28,30). The summed E-state index contributed by atoms with van der Waals surface area (Å²) in [6, 6.07) is 8.63. The molecule has 1 aromatic carbocycles. The van der Waals surface area contributed by atoms with Crippen molar-refractivity contribution in [3.63, 3.8) is 0 Å². The summed E-state index contributed by atoms with van der Waals surface area (Å²) in [6.07, 6.45) is 3.38. The van der Waals surface area contributed by atoms with Gasteiger partial charge >= 0.3 is 0 Å². The van der Waals surface area contributed by atoms with E-state index in [1.807, 2.05) is 0 Å². The molecular weight excluding hydrogens is 474 g/mol. The first-order chi connectivity index (χ1) is 16.7. The van der Waals surface area contributed by atoms with Crippen molar-refractivity contribution in [2.45, 2.75) is 38.5 Å². The number of aromatic nitrogens is 3. The Bertz CT molecular complexity index is 1440. The molecule has 0 bridgehead atoms. The number of anilines is 3. The molecule has 0 radical (unpaired) electrons. The number of alkyl halides is 2. The van der Waals surface area contributed by atoms with E-state index in [1.54, 1.807) is 36.5 Å². The number of aryl methyl sites for hydroxylation is 2. The zero-order valence-corrected chi connectivity index (χ0v) is 20.1. The van der Waals surface area contributed by atoms with Crippen LogP contribution >= 0.6 is 0 Å². The molecule has 0 atom stereocenters. The summed E-state index contributed by atoms with van der Waals surface area (Å²) in [4.78, 5) is 18.0. The van der Waals surface area contributed by atoms with E-state index in [1.165, 1.54) is 7.05 Å². The molecule has 0 unspecified atom stereocenters. The van der Waals surface area contributed by atoms with Crippen LogP contribution in [0.4, 0.5) is 31.5 Å². The van der Waals surface area contributed by atoms with Crippen LogP contribution in [0.15, 0.2) is 41.5 Å². The van der Waals surface area contributed by atoms with E-state index in [2.05, 4.69) is 20.3 Å². The molecule has 182 valence electrons. The number of nitrogens with one attached hydrogen (secondary N) is 1. The molecule has 35 heavy (non-hydrogen) atoms. The zero-order chi connectivity index (χ0) is 24.7. The van der Waals surface area contributed by atoms with Crippen LogP contribution in [-0.2, 0) is 35.7 Å². The second-order valence-corrected chi connectivity index (χ2v) is 10.7. The van der Waals surface area contributed by atoms with Gasteiger partial charge in [0.2, 0.25) is 10.0 Å². The van der Waals surface area contributed by atoms with Gasteiger partial charge < -0.3 is 5.32 Å². The van der Waals surface area contributed by atoms with Crippen LogP contribution in [0.3, 0.4) is 0 Å². The number of rotatable bonds is 7. The van der Waals surface area contributed by atoms with Gasteiger partial charge in [-0.1, -0.05) is 12.1 Å². The molecule has 0 saturated carbocycles. The Morgan fingerprint density at radius 2 is 1.80 bits per heavy atom. The second-order valence-electron chi connectivity index (χ2n) is 8.69. The number of benzene rings is 1. The fraction of sp³-hybridized carbons (Fsp3) is 0.333. The highest BCUT2D eigenvalue weighted by molar-refractivity contribution is 7.92. The fourth-order valence-corrected chi connectivity index (χ4v) is 4.85. The number of para-hydroxylation sites is 2. The van der Waals surface area contributed by atoms with E-state index in [0.29, 0.717) is 40.6 Å². The quantitative estimate of drug-likeness (QED) is 0.529. The first-order valence-corrected chi connectivity index (χ1v) is 13.1. The van der Waals surface area contributed by atoms with Crippen LogP contribution in [0.1, 0.15) is 34.9 Å². The van der Waals surface area contributed by atoms with Crippen molar-refractivity contribution in [1.29, 1.82) is 0 Å². The average molecular weight is 499 g/mol. The summed E-state index contributed by atoms with van der Waals surface area (Å²) >= 11 is 0. The Hall–Kier alpha value is -3.47. The van der Waals surface area contributed by atoms with Crippen molar-refractivity contribution in [2.24, 2.45) is 4.99 Å². The van der Waals surface area contributed by atoms with Crippen molar-refractivity contribution in [3.8, 4) is 0 Å². The number of hydrogen-bond donors (Lipinski definition) is 1. The highest BCUT2D eigenvalue weighted by Gasteiger charge is 2.27. The zero-order valence-electron chi connectivity index (χ0n) is 19.3. The SMILES string of the molecule is CN(c1ccccc1Nc1cc(Cc2cnc3c(n2)CCC3)nc2c1N=C(C(F)F)C2)S(C)(=O)=O. The van der Waals surface area contributed by atoms with E-state index in [-0.39, 0.29) is 12.1 Å². The van der Waals surface area contributed by atoms with E-state index in [9.17, 15) is 17.2 Å². The Balaban J connectivity index is 1.54. The Morgan fingerprint density at radius 1 is 1.06 bits per heavy atom. The molecular formula is C24H24F2N6O2S. The molecule has 8 nitrogen and oxygen atoms in total. The monoisotopic (exact) mass is 498 g/mol. The van der Waals surface area contributed by atoms with Crippen LogP contribution in [-0.4, -0.2) is 48.8 Å². The van der Waals surface area contributed by atoms with Crippen molar-refractivity contribution in [2.75, 3.05) is 22.9 Å². The summed E-state index contributed by atoms with van der Waals surface area (Å²) in [5, 5.41) is 3.22. The van der Waals surface area contributed by atoms with Gasteiger partial charge in [-0.15, -0.1) is 0 Å². The van der Waals surface area contributed by atoms with Crippen LogP contribution < -0.4 is 9.62 Å². The molecule has 3 heterocycles. The largest absolute Gasteiger partial charge is 0.352 e. The van der Waals surface area contributed by atoms with Gasteiger partial charge in [-0.2, -0.15) is 0 Å². The first kappa shape index (κ1) is 23.3. The predicted molar refractivity (Wildman–Crippen MR) is 131 cm³/mol. The lowest BCUT2D eigenvalue weighted by Crippen LogP contribution is -2.25. The summed E-state index contributed by atoms with van der Waals surface area (Å²) < 4.78 is 52.4. The van der Waals surface area contributed by atoms with Gasteiger partial charge in [0.15, 0.2) is 0 Å². The number of fused-ring (bicyclic) bond motifs is 2. The minimum absolute atomic E-state index is 0.0454. The highest BCUT2D eigenvalue weighted by atomic mass is 32.2. The van der Waals surface area contributed by atoms with E-state index in [4.69, 9.17) is 4.98 Å². The Morgan fingerprint density at radius 3 is 2.57 bits per heavy atom. The molecule has 3 aromatic rings. The number of aliphatic imine (C=N–C) groups is 1. The Labute approximate surface area is 202 Å². The smallest absolute Gasteiger partial charge is 0.277 e. The van der Waals surface area contributed by atoms with E-state index < -0.39 is 16.4 Å². The molecule has 5 rings (SSSR count). The molecule has 2 aromatic heterocycles. The summed E-state index contributed by atoms with van der Waals surface area (Å²) in [5.41, 5.74) is 5.36. The maximum Gasteiger partial charge on any atom is 0.277 e. The molecule has 1 aliphatic heterocycles. The molecule has 0 amide bonds. The van der Waals surface area contributed by atoms with Gasteiger partial charge in [0.1, 0.15) is 5.69 Å². The topological polar surface area (TPSA) is 100 Å². The summed E-state index contributed by atoms with van der Waals surface area (Å²) in [7, 11) is -2.06. The minimum Gasteiger partial charge on any atom is -0.352 e. The van der Waals surface area contributed by atoms with Gasteiger partial charge in [-0.3, -0.25) is 19.3 Å². The molecule has 0 fully saturated rings. The maximum absolute atomic E-state index is 13.5. The summed E-state index contributed by atoms with van der Waals surface area (Å²) in [6.45, 7) is 0. The van der Waals surface area contributed by atoms with Gasteiger partial charge in [0, 0.05) is 31.8 Å². The molecule has 11 heteroatoms. The molecule has 0 saturated heterocycles. The van der Waals surface area contributed by atoms with Crippen molar-refractivity contribution in [1.82, 2.24) is 15.0 Å². The van der Waals surface area contributed by atoms with Crippen molar-refractivity contribution in [3.05, 3.63) is 65.0 Å². The summed E-state index contributed by atoms with van der Waals surface area (Å²) in [5.74, 6) is 0. The number of halogens is 2. The van der Waals surface area contributed by atoms with E-state index >= 15 is 0 Å². The molecule has 1 N–H and O–H groups in total. The third-order valence-corrected chi connectivity index (χ3v) is 7.35. The predicted octanol–water partition coefficient (Wildman–Crippen LogP) is 3.98. The van der Waals surface area contributed by atoms with Gasteiger partial charge in [0.05, 0.1) is 51.8 Å². The minimum atomic E-state index is -3.52. The lowest BCUT2D eigenvalue weighted by molar-refractivity contribution is 0.224. The lowest BCUT2D eigenvalue weighted by atomic mass is 10.1. The fourth-order valence-electron chi connectivity index (χ4n) is 4.34. The van der Waals surface area contributed by atoms with E-state index in [0.717, 1.165) is 46.9 Å². The number of hydrogen-bond acceptors (Lipinski definition) is 7. The van der Waals surface area contributed by atoms with Crippen LogP contribution in [0, 0.1) is 0 Å². The second kappa shape index (κ2) is 8.95. The highest BCUT2D eigenvalue weighted by Crippen LogP contribution is 2.39. The molecule has 1 aliphatic carbocycles. The number of pyridine rings is 1. The number of nitrogens with zero attached hydrogens (tertiary/aromatic N) is 5. The maximum atomic E-state index is 13.5. The van der Waals surface area contributed by atoms with Gasteiger partial charge in [-0.05, 0) is 37.5 Å². The Kier molecular flexibility index (Phi) is 5.96. The average Bonchev–Trinajstić information content (AvgIpc) is 3.45.